The number of carbonyl (C=O) groups excluding carboxylic acids is 1. The van der Waals surface area contributed by atoms with Gasteiger partial charge in [0.1, 0.15) is 11.4 Å². The predicted molar refractivity (Wildman–Crippen MR) is 94.5 cm³/mol. The summed E-state index contributed by atoms with van der Waals surface area (Å²) in [7, 11) is 1.25. The normalized spacial score (nSPS) is 11.1. The molecule has 0 bridgehead atoms. The highest BCUT2D eigenvalue weighted by molar-refractivity contribution is 6.05. The zero-order valence-electron chi connectivity index (χ0n) is 14.8. The monoisotopic (exact) mass is 407 g/mol. The fourth-order valence-corrected chi connectivity index (χ4v) is 2.31. The molecule has 29 heavy (non-hydrogen) atoms. The van der Waals surface area contributed by atoms with Gasteiger partial charge in [0.2, 0.25) is 0 Å². The molecule has 10 heteroatoms. The summed E-state index contributed by atoms with van der Waals surface area (Å²) in [6.07, 6.45) is -4.82. The van der Waals surface area contributed by atoms with E-state index in [0.717, 1.165) is 12.1 Å². The smallest absolute Gasteiger partial charge is 0.435 e. The number of hydrogen-bond donors (Lipinski definition) is 1. The highest BCUT2D eigenvalue weighted by Gasteiger charge is 2.35. The van der Waals surface area contributed by atoms with Gasteiger partial charge in [-0.1, -0.05) is 18.2 Å². The van der Waals surface area contributed by atoms with Gasteiger partial charge in [0.25, 0.3) is 11.8 Å². The zero-order valence-corrected chi connectivity index (χ0v) is 14.8. The molecule has 150 valence electrons. The molecule has 1 amide bonds. The molecule has 0 fully saturated rings. The SMILES string of the molecule is COc1cc(F)ccc1Oc1nnc(C(F)(F)F)cc1C(=O)Nc1ccccc1. The Balaban J connectivity index is 2.01. The Morgan fingerprint density at radius 3 is 2.38 bits per heavy atom. The van der Waals surface area contributed by atoms with Crippen molar-refractivity contribution < 1.29 is 31.8 Å². The molecular weight excluding hydrogens is 394 g/mol. The first-order chi connectivity index (χ1) is 13.8. The van der Waals surface area contributed by atoms with E-state index < -0.39 is 35.0 Å². The fraction of sp³-hybridized carbons (Fsp3) is 0.105. The summed E-state index contributed by atoms with van der Waals surface area (Å²) in [6, 6.07) is 11.9. The molecule has 0 aliphatic carbocycles. The highest BCUT2D eigenvalue weighted by Crippen LogP contribution is 2.34. The number of anilines is 1. The van der Waals surface area contributed by atoms with Crippen LogP contribution in [0.15, 0.2) is 54.6 Å². The molecule has 0 aliphatic rings. The minimum atomic E-state index is -4.82. The van der Waals surface area contributed by atoms with Crippen LogP contribution in [0.25, 0.3) is 0 Å². The van der Waals surface area contributed by atoms with Crippen LogP contribution in [0.1, 0.15) is 16.1 Å². The minimum absolute atomic E-state index is 0.0406. The van der Waals surface area contributed by atoms with Gasteiger partial charge in [0.05, 0.1) is 7.11 Å². The number of aromatic nitrogens is 2. The maximum atomic E-state index is 13.4. The van der Waals surface area contributed by atoms with Crippen LogP contribution in [-0.2, 0) is 6.18 Å². The van der Waals surface area contributed by atoms with Gasteiger partial charge in [-0.05, 0) is 30.3 Å². The van der Waals surface area contributed by atoms with E-state index in [2.05, 4.69) is 15.5 Å². The predicted octanol–water partition coefficient (Wildman–Crippen LogP) is 4.69. The van der Waals surface area contributed by atoms with E-state index in [0.29, 0.717) is 11.8 Å². The van der Waals surface area contributed by atoms with Crippen LogP contribution in [0.3, 0.4) is 0 Å². The van der Waals surface area contributed by atoms with Crippen molar-refractivity contribution in [2.24, 2.45) is 0 Å². The van der Waals surface area contributed by atoms with Crippen molar-refractivity contribution in [3.8, 4) is 17.4 Å². The van der Waals surface area contributed by atoms with Crippen molar-refractivity contribution in [2.45, 2.75) is 6.18 Å². The maximum Gasteiger partial charge on any atom is 0.435 e. The molecule has 6 nitrogen and oxygen atoms in total. The summed E-state index contributed by atoms with van der Waals surface area (Å²) in [6.45, 7) is 0. The number of benzene rings is 2. The summed E-state index contributed by atoms with van der Waals surface area (Å²) in [5.74, 6) is -2.11. The Kier molecular flexibility index (Phi) is 5.62. The topological polar surface area (TPSA) is 73.3 Å². The second-order valence-electron chi connectivity index (χ2n) is 5.66. The lowest BCUT2D eigenvalue weighted by Gasteiger charge is -2.14. The van der Waals surface area contributed by atoms with Crippen LogP contribution in [0.2, 0.25) is 0 Å². The van der Waals surface area contributed by atoms with Crippen LogP contribution >= 0.6 is 0 Å². The molecule has 0 saturated heterocycles. The first kappa shape index (κ1) is 20.1. The second-order valence-corrected chi connectivity index (χ2v) is 5.66. The number of alkyl halides is 3. The molecule has 0 atom stereocenters. The van der Waals surface area contributed by atoms with Gasteiger partial charge in [-0.15, -0.1) is 10.2 Å². The number of para-hydroxylation sites is 1. The summed E-state index contributed by atoms with van der Waals surface area (Å²) in [5, 5.41) is 8.93. The maximum absolute atomic E-state index is 13.4. The Morgan fingerprint density at radius 1 is 1.00 bits per heavy atom. The molecule has 3 rings (SSSR count). The summed E-state index contributed by atoms with van der Waals surface area (Å²) in [4.78, 5) is 12.6. The van der Waals surface area contributed by atoms with Crippen LogP contribution in [0.5, 0.6) is 17.4 Å². The van der Waals surface area contributed by atoms with Crippen LogP contribution < -0.4 is 14.8 Å². The Bertz CT molecular complexity index is 1030. The van der Waals surface area contributed by atoms with Crippen molar-refractivity contribution in [1.82, 2.24) is 10.2 Å². The molecule has 1 aromatic heterocycles. The minimum Gasteiger partial charge on any atom is -0.493 e. The third kappa shape index (κ3) is 4.78. The van der Waals surface area contributed by atoms with Gasteiger partial charge < -0.3 is 14.8 Å². The van der Waals surface area contributed by atoms with Crippen LogP contribution in [-0.4, -0.2) is 23.2 Å². The van der Waals surface area contributed by atoms with Crippen molar-refractivity contribution in [2.75, 3.05) is 12.4 Å². The molecule has 0 saturated carbocycles. The van der Waals surface area contributed by atoms with E-state index >= 15 is 0 Å². The molecule has 2 aromatic carbocycles. The third-order valence-corrected chi connectivity index (χ3v) is 3.66. The highest BCUT2D eigenvalue weighted by atomic mass is 19.4. The fourth-order valence-electron chi connectivity index (χ4n) is 2.31. The number of methoxy groups -OCH3 is 1. The van der Waals surface area contributed by atoms with Crippen LogP contribution in [0.4, 0.5) is 23.2 Å². The molecule has 0 unspecified atom stereocenters. The van der Waals surface area contributed by atoms with E-state index in [1.165, 1.54) is 13.2 Å². The molecule has 1 N–H and O–H groups in total. The van der Waals surface area contributed by atoms with Gasteiger partial charge in [-0.3, -0.25) is 4.79 Å². The van der Waals surface area contributed by atoms with Crippen molar-refractivity contribution in [1.29, 1.82) is 0 Å². The average molecular weight is 407 g/mol. The molecule has 0 spiro atoms. The van der Waals surface area contributed by atoms with Crippen LogP contribution in [0, 0.1) is 5.82 Å². The number of nitrogens with zero attached hydrogens (tertiary/aromatic N) is 2. The first-order valence-electron chi connectivity index (χ1n) is 8.10. The summed E-state index contributed by atoms with van der Waals surface area (Å²) < 4.78 is 62.9. The molecular formula is C19H13F4N3O3. The van der Waals surface area contributed by atoms with Gasteiger partial charge >= 0.3 is 6.18 Å². The number of halogens is 4. The lowest BCUT2D eigenvalue weighted by Crippen LogP contribution is -2.17. The van der Waals surface area contributed by atoms with Gasteiger partial charge in [-0.2, -0.15) is 13.2 Å². The largest absolute Gasteiger partial charge is 0.493 e. The number of amides is 1. The lowest BCUT2D eigenvalue weighted by atomic mass is 10.2. The molecule has 0 aliphatic heterocycles. The number of nitrogens with one attached hydrogen (secondary N) is 1. The average Bonchev–Trinajstić information content (AvgIpc) is 2.69. The molecule has 3 aromatic rings. The van der Waals surface area contributed by atoms with Crippen molar-refractivity contribution >= 4 is 11.6 Å². The number of ether oxygens (including phenoxy) is 2. The van der Waals surface area contributed by atoms with Gasteiger partial charge in [0.15, 0.2) is 17.2 Å². The molecule has 0 radical (unpaired) electrons. The van der Waals surface area contributed by atoms with E-state index in [4.69, 9.17) is 9.47 Å². The van der Waals surface area contributed by atoms with Gasteiger partial charge in [-0.25, -0.2) is 4.39 Å². The van der Waals surface area contributed by atoms with E-state index in [-0.39, 0.29) is 11.5 Å². The summed E-state index contributed by atoms with van der Waals surface area (Å²) >= 11 is 0. The Morgan fingerprint density at radius 2 is 1.72 bits per heavy atom. The number of rotatable bonds is 5. The van der Waals surface area contributed by atoms with E-state index in [9.17, 15) is 22.4 Å². The van der Waals surface area contributed by atoms with E-state index in [1.807, 2.05) is 0 Å². The van der Waals surface area contributed by atoms with E-state index in [1.54, 1.807) is 30.3 Å². The third-order valence-electron chi connectivity index (χ3n) is 3.66. The van der Waals surface area contributed by atoms with Crippen molar-refractivity contribution in [3.05, 3.63) is 71.7 Å². The Labute approximate surface area is 162 Å². The van der Waals surface area contributed by atoms with Gasteiger partial charge in [0, 0.05) is 11.8 Å². The molecule has 1 heterocycles. The summed E-state index contributed by atoms with van der Waals surface area (Å²) in [5.41, 5.74) is -1.52. The Hall–Kier alpha value is -3.69. The quantitative estimate of drug-likeness (QED) is 0.622. The zero-order chi connectivity index (χ0) is 21.0. The number of hydrogen-bond acceptors (Lipinski definition) is 5. The second kappa shape index (κ2) is 8.13. The standard InChI is InChI=1S/C19H13F4N3O3/c1-28-15-9-11(20)7-8-14(15)29-18-13(10-16(25-26-18)19(21,22)23)17(27)24-12-5-3-2-4-6-12/h2-10H,1H3,(H,24,27). The lowest BCUT2D eigenvalue weighted by molar-refractivity contribution is -0.141. The number of carbonyl (C=O) groups is 1. The first-order valence-corrected chi connectivity index (χ1v) is 8.10. The van der Waals surface area contributed by atoms with Crippen molar-refractivity contribution in [3.63, 3.8) is 0 Å².